The average molecular weight is 240 g/mol. The van der Waals surface area contributed by atoms with Gasteiger partial charge >= 0.3 is 5.97 Å². The standard InChI is InChI=1S/C10H12N2O5/c1-17-7(10(15)16)5-12-9(14)6-3-2-4-11-8(6)13/h2-4,7H,5H2,1H3,(H,11,13)(H,12,14)(H,15,16). The number of nitrogens with one attached hydrogen (secondary N) is 2. The molecule has 1 aromatic rings. The molecular weight excluding hydrogens is 228 g/mol. The zero-order valence-corrected chi connectivity index (χ0v) is 9.10. The quantitative estimate of drug-likeness (QED) is 0.624. The van der Waals surface area contributed by atoms with Gasteiger partial charge in [0, 0.05) is 13.3 Å². The third-order valence-corrected chi connectivity index (χ3v) is 2.07. The van der Waals surface area contributed by atoms with Crippen LogP contribution in [0.25, 0.3) is 0 Å². The van der Waals surface area contributed by atoms with E-state index >= 15 is 0 Å². The van der Waals surface area contributed by atoms with Crippen LogP contribution < -0.4 is 10.9 Å². The topological polar surface area (TPSA) is 108 Å². The van der Waals surface area contributed by atoms with E-state index in [9.17, 15) is 14.4 Å². The molecule has 0 aliphatic heterocycles. The van der Waals surface area contributed by atoms with Crippen molar-refractivity contribution >= 4 is 11.9 Å². The van der Waals surface area contributed by atoms with E-state index in [0.29, 0.717) is 0 Å². The van der Waals surface area contributed by atoms with Crippen LogP contribution in [0.3, 0.4) is 0 Å². The minimum Gasteiger partial charge on any atom is -0.479 e. The number of carbonyl (C=O) groups excluding carboxylic acids is 1. The van der Waals surface area contributed by atoms with Crippen LogP contribution in [0.5, 0.6) is 0 Å². The van der Waals surface area contributed by atoms with Gasteiger partial charge in [-0.05, 0) is 12.1 Å². The smallest absolute Gasteiger partial charge is 0.334 e. The van der Waals surface area contributed by atoms with Crippen molar-refractivity contribution in [3.63, 3.8) is 0 Å². The molecule has 0 saturated heterocycles. The van der Waals surface area contributed by atoms with Crippen molar-refractivity contribution in [1.29, 1.82) is 0 Å². The fourth-order valence-electron chi connectivity index (χ4n) is 1.15. The summed E-state index contributed by atoms with van der Waals surface area (Å²) >= 11 is 0. The van der Waals surface area contributed by atoms with Crippen molar-refractivity contribution in [1.82, 2.24) is 10.3 Å². The molecule has 7 nitrogen and oxygen atoms in total. The molecule has 92 valence electrons. The van der Waals surface area contributed by atoms with E-state index in [1.807, 2.05) is 0 Å². The maximum absolute atomic E-state index is 11.5. The Bertz CT molecular complexity index is 468. The van der Waals surface area contributed by atoms with Gasteiger partial charge in [-0.2, -0.15) is 0 Å². The van der Waals surface area contributed by atoms with Crippen LogP contribution in [0.15, 0.2) is 23.1 Å². The van der Waals surface area contributed by atoms with Gasteiger partial charge in [-0.25, -0.2) is 4.79 Å². The van der Waals surface area contributed by atoms with Gasteiger partial charge in [-0.15, -0.1) is 0 Å². The molecule has 0 spiro atoms. The number of methoxy groups -OCH3 is 1. The Morgan fingerprint density at radius 2 is 2.29 bits per heavy atom. The van der Waals surface area contributed by atoms with Crippen LogP contribution in [0.2, 0.25) is 0 Å². The predicted molar refractivity (Wildman–Crippen MR) is 57.8 cm³/mol. The van der Waals surface area contributed by atoms with E-state index in [1.54, 1.807) is 0 Å². The summed E-state index contributed by atoms with van der Waals surface area (Å²) in [6, 6.07) is 2.85. The number of H-pyrrole nitrogens is 1. The van der Waals surface area contributed by atoms with Gasteiger partial charge in [0.15, 0.2) is 6.10 Å². The summed E-state index contributed by atoms with van der Waals surface area (Å²) in [5, 5.41) is 11.0. The monoisotopic (exact) mass is 240 g/mol. The van der Waals surface area contributed by atoms with Crippen molar-refractivity contribution in [3.8, 4) is 0 Å². The lowest BCUT2D eigenvalue weighted by Crippen LogP contribution is -2.39. The first-order chi connectivity index (χ1) is 8.06. The van der Waals surface area contributed by atoms with Crippen molar-refractivity contribution in [2.45, 2.75) is 6.10 Å². The molecule has 0 aliphatic rings. The van der Waals surface area contributed by atoms with Crippen LogP contribution in [-0.2, 0) is 9.53 Å². The van der Waals surface area contributed by atoms with Crippen LogP contribution >= 0.6 is 0 Å². The second-order valence-electron chi connectivity index (χ2n) is 3.19. The second-order valence-corrected chi connectivity index (χ2v) is 3.19. The average Bonchev–Trinajstić information content (AvgIpc) is 2.29. The summed E-state index contributed by atoms with van der Waals surface area (Å²) in [6.45, 7) is -0.209. The molecule has 7 heteroatoms. The number of ether oxygens (including phenoxy) is 1. The number of carbonyl (C=O) groups is 2. The highest BCUT2D eigenvalue weighted by Gasteiger charge is 2.18. The Morgan fingerprint density at radius 1 is 1.59 bits per heavy atom. The van der Waals surface area contributed by atoms with Gasteiger partial charge in [0.25, 0.3) is 11.5 Å². The number of hydrogen-bond acceptors (Lipinski definition) is 4. The molecule has 0 aliphatic carbocycles. The van der Waals surface area contributed by atoms with Crippen molar-refractivity contribution in [2.75, 3.05) is 13.7 Å². The fraction of sp³-hybridized carbons (Fsp3) is 0.300. The van der Waals surface area contributed by atoms with E-state index in [-0.39, 0.29) is 12.1 Å². The number of aromatic nitrogens is 1. The van der Waals surface area contributed by atoms with Gasteiger partial charge in [0.05, 0.1) is 6.54 Å². The molecule has 1 aromatic heterocycles. The third kappa shape index (κ3) is 3.42. The number of aliphatic carboxylic acids is 1. The summed E-state index contributed by atoms with van der Waals surface area (Å²) in [6.07, 6.45) is 0.260. The van der Waals surface area contributed by atoms with Crippen LogP contribution in [0.4, 0.5) is 0 Å². The van der Waals surface area contributed by atoms with Crippen molar-refractivity contribution < 1.29 is 19.4 Å². The Morgan fingerprint density at radius 3 is 2.82 bits per heavy atom. The van der Waals surface area contributed by atoms with Gasteiger partial charge in [-0.1, -0.05) is 0 Å². The maximum atomic E-state index is 11.5. The summed E-state index contributed by atoms with van der Waals surface area (Å²) < 4.78 is 4.63. The molecule has 0 bridgehead atoms. The van der Waals surface area contributed by atoms with Crippen molar-refractivity contribution in [2.24, 2.45) is 0 Å². The van der Waals surface area contributed by atoms with Gasteiger partial charge in [-0.3, -0.25) is 9.59 Å². The number of carboxylic acid groups (broad SMARTS) is 1. The van der Waals surface area contributed by atoms with E-state index in [0.717, 1.165) is 0 Å². The Balaban J connectivity index is 2.65. The molecule has 1 atom stereocenters. The number of pyridine rings is 1. The first-order valence-corrected chi connectivity index (χ1v) is 4.77. The minimum absolute atomic E-state index is 0.0762. The highest BCUT2D eigenvalue weighted by atomic mass is 16.5. The third-order valence-electron chi connectivity index (χ3n) is 2.07. The van der Waals surface area contributed by atoms with E-state index in [4.69, 9.17) is 5.11 Å². The summed E-state index contributed by atoms with van der Waals surface area (Å²) in [7, 11) is 1.22. The Kier molecular flexibility index (Phi) is 4.41. The fourth-order valence-corrected chi connectivity index (χ4v) is 1.15. The first kappa shape index (κ1) is 12.9. The first-order valence-electron chi connectivity index (χ1n) is 4.77. The number of aromatic amines is 1. The number of amides is 1. The zero-order chi connectivity index (χ0) is 12.8. The lowest BCUT2D eigenvalue weighted by Gasteiger charge is -2.10. The van der Waals surface area contributed by atoms with Gasteiger partial charge < -0.3 is 20.1 Å². The molecule has 0 fully saturated rings. The summed E-state index contributed by atoms with van der Waals surface area (Å²) in [5.41, 5.74) is -0.609. The lowest BCUT2D eigenvalue weighted by molar-refractivity contribution is -0.148. The lowest BCUT2D eigenvalue weighted by atomic mass is 10.2. The molecule has 0 radical (unpaired) electrons. The molecule has 0 saturated carbocycles. The molecule has 3 N–H and O–H groups in total. The Hall–Kier alpha value is -2.15. The SMILES string of the molecule is COC(CNC(=O)c1ccc[nH]c1=O)C(=O)O. The number of carboxylic acids is 1. The molecule has 1 amide bonds. The molecule has 0 aromatic carbocycles. The van der Waals surface area contributed by atoms with E-state index in [1.165, 1.54) is 25.4 Å². The van der Waals surface area contributed by atoms with E-state index in [2.05, 4.69) is 15.0 Å². The summed E-state index contributed by atoms with van der Waals surface area (Å²) in [5.74, 6) is -1.83. The van der Waals surface area contributed by atoms with Crippen LogP contribution in [0.1, 0.15) is 10.4 Å². The van der Waals surface area contributed by atoms with Gasteiger partial charge in [0.2, 0.25) is 0 Å². The minimum atomic E-state index is -1.19. The largest absolute Gasteiger partial charge is 0.479 e. The molecule has 1 rings (SSSR count). The predicted octanol–water partition coefficient (Wildman–Crippen LogP) is -0.796. The zero-order valence-electron chi connectivity index (χ0n) is 9.10. The Labute approximate surface area is 96.4 Å². The van der Waals surface area contributed by atoms with Crippen molar-refractivity contribution in [3.05, 3.63) is 34.2 Å². The molecule has 17 heavy (non-hydrogen) atoms. The number of rotatable bonds is 5. The molecular formula is C10H12N2O5. The second kappa shape index (κ2) is 5.80. The molecule has 1 heterocycles. The van der Waals surface area contributed by atoms with Crippen LogP contribution in [0, 0.1) is 0 Å². The maximum Gasteiger partial charge on any atom is 0.334 e. The highest BCUT2D eigenvalue weighted by Crippen LogP contribution is 1.92. The van der Waals surface area contributed by atoms with E-state index < -0.39 is 23.5 Å². The van der Waals surface area contributed by atoms with Gasteiger partial charge in [0.1, 0.15) is 5.56 Å². The highest BCUT2D eigenvalue weighted by molar-refractivity contribution is 5.94. The normalized spacial score (nSPS) is 11.8. The number of hydrogen-bond donors (Lipinski definition) is 3. The van der Waals surface area contributed by atoms with Crippen LogP contribution in [-0.4, -0.2) is 41.7 Å². The summed E-state index contributed by atoms with van der Waals surface area (Å²) in [4.78, 5) is 35.7. The molecule has 1 unspecified atom stereocenters.